The molecular formula is C14H15NO3S2. The molecule has 106 valence electrons. The zero-order valence-corrected chi connectivity index (χ0v) is 12.6. The van der Waals surface area contributed by atoms with Crippen LogP contribution in [0.3, 0.4) is 0 Å². The van der Waals surface area contributed by atoms with Crippen molar-refractivity contribution in [2.75, 3.05) is 0 Å². The molecule has 1 unspecified atom stereocenters. The summed E-state index contributed by atoms with van der Waals surface area (Å²) in [5.74, 6) is -1.22. The molecule has 0 saturated heterocycles. The van der Waals surface area contributed by atoms with E-state index in [0.29, 0.717) is 4.88 Å². The molecule has 0 spiro atoms. The van der Waals surface area contributed by atoms with Crippen molar-refractivity contribution < 1.29 is 14.7 Å². The van der Waals surface area contributed by atoms with Crippen LogP contribution in [0.25, 0.3) is 0 Å². The summed E-state index contributed by atoms with van der Waals surface area (Å²) in [6, 6.07) is 6.97. The standard InChI is InChI=1S/C14H15NO3S2/c1-2-4-9(10-5-3-8-19-10)15-13(16)11-6-7-12(20-11)14(17)18/h3,5-9H,2,4H2,1H3,(H,15,16)(H,17,18). The summed E-state index contributed by atoms with van der Waals surface area (Å²) >= 11 is 2.61. The molecule has 4 nitrogen and oxygen atoms in total. The predicted molar refractivity (Wildman–Crippen MR) is 80.7 cm³/mol. The van der Waals surface area contributed by atoms with Crippen molar-refractivity contribution in [1.29, 1.82) is 0 Å². The van der Waals surface area contributed by atoms with E-state index >= 15 is 0 Å². The Morgan fingerprint density at radius 3 is 2.60 bits per heavy atom. The zero-order chi connectivity index (χ0) is 14.5. The van der Waals surface area contributed by atoms with Gasteiger partial charge in [-0.2, -0.15) is 0 Å². The van der Waals surface area contributed by atoms with E-state index in [-0.39, 0.29) is 16.8 Å². The third-order valence-corrected chi connectivity index (χ3v) is 4.87. The molecule has 1 atom stereocenters. The quantitative estimate of drug-likeness (QED) is 0.853. The van der Waals surface area contributed by atoms with Crippen LogP contribution in [0.2, 0.25) is 0 Å². The molecule has 2 heterocycles. The average molecular weight is 309 g/mol. The Hall–Kier alpha value is -1.66. The number of hydrogen-bond acceptors (Lipinski definition) is 4. The number of rotatable bonds is 6. The number of aromatic carboxylic acids is 1. The maximum Gasteiger partial charge on any atom is 0.345 e. The van der Waals surface area contributed by atoms with Gasteiger partial charge in [0.15, 0.2) is 0 Å². The molecule has 20 heavy (non-hydrogen) atoms. The molecule has 0 aromatic carbocycles. The molecule has 0 aliphatic carbocycles. The van der Waals surface area contributed by atoms with Crippen LogP contribution >= 0.6 is 22.7 Å². The topological polar surface area (TPSA) is 66.4 Å². The molecule has 0 fully saturated rings. The third-order valence-electron chi connectivity index (χ3n) is 2.81. The van der Waals surface area contributed by atoms with Crippen molar-refractivity contribution in [3.05, 3.63) is 44.3 Å². The third kappa shape index (κ3) is 3.46. The van der Waals surface area contributed by atoms with E-state index < -0.39 is 5.97 Å². The smallest absolute Gasteiger partial charge is 0.345 e. The number of hydrogen-bond donors (Lipinski definition) is 2. The average Bonchev–Trinajstić information content (AvgIpc) is 3.09. The maximum absolute atomic E-state index is 12.2. The summed E-state index contributed by atoms with van der Waals surface area (Å²) < 4.78 is 0. The van der Waals surface area contributed by atoms with E-state index in [1.807, 2.05) is 17.5 Å². The molecule has 0 bridgehead atoms. The lowest BCUT2D eigenvalue weighted by Crippen LogP contribution is -2.27. The molecule has 0 radical (unpaired) electrons. The highest BCUT2D eigenvalue weighted by Crippen LogP contribution is 2.24. The number of carboxylic acids is 1. The molecule has 2 aromatic heterocycles. The Morgan fingerprint density at radius 1 is 1.30 bits per heavy atom. The van der Waals surface area contributed by atoms with Crippen LogP contribution in [-0.2, 0) is 0 Å². The Kier molecular flexibility index (Phi) is 4.92. The first kappa shape index (κ1) is 14.7. The zero-order valence-electron chi connectivity index (χ0n) is 11.0. The van der Waals surface area contributed by atoms with Crippen LogP contribution in [0.15, 0.2) is 29.6 Å². The Bertz CT molecular complexity index is 589. The number of amides is 1. The fourth-order valence-electron chi connectivity index (χ4n) is 1.87. The monoisotopic (exact) mass is 309 g/mol. The van der Waals surface area contributed by atoms with Crippen molar-refractivity contribution in [2.45, 2.75) is 25.8 Å². The number of carboxylic acid groups (broad SMARTS) is 1. The van der Waals surface area contributed by atoms with Gasteiger partial charge in [-0.15, -0.1) is 22.7 Å². The van der Waals surface area contributed by atoms with Gasteiger partial charge < -0.3 is 10.4 Å². The van der Waals surface area contributed by atoms with Crippen LogP contribution in [0, 0.1) is 0 Å². The van der Waals surface area contributed by atoms with Crippen molar-refractivity contribution in [3.8, 4) is 0 Å². The van der Waals surface area contributed by atoms with E-state index in [1.165, 1.54) is 6.07 Å². The molecule has 6 heteroatoms. The van der Waals surface area contributed by atoms with Gasteiger partial charge in [0.25, 0.3) is 5.91 Å². The number of carbonyl (C=O) groups excluding carboxylic acids is 1. The number of thiophene rings is 2. The van der Waals surface area contributed by atoms with Gasteiger partial charge in [-0.05, 0) is 30.0 Å². The highest BCUT2D eigenvalue weighted by atomic mass is 32.1. The van der Waals surface area contributed by atoms with Gasteiger partial charge in [-0.1, -0.05) is 19.4 Å². The second-order valence-corrected chi connectivity index (χ2v) is 6.36. The van der Waals surface area contributed by atoms with E-state index in [0.717, 1.165) is 29.1 Å². The molecule has 2 aromatic rings. The molecule has 2 N–H and O–H groups in total. The lowest BCUT2D eigenvalue weighted by molar-refractivity contribution is 0.0702. The second kappa shape index (κ2) is 6.67. The normalized spacial score (nSPS) is 12.1. The Morgan fingerprint density at radius 2 is 2.05 bits per heavy atom. The Balaban J connectivity index is 2.09. The Labute approximate surface area is 125 Å². The minimum absolute atomic E-state index is 0.0112. The summed E-state index contributed by atoms with van der Waals surface area (Å²) in [5, 5.41) is 13.8. The van der Waals surface area contributed by atoms with Gasteiger partial charge in [-0.25, -0.2) is 4.79 Å². The maximum atomic E-state index is 12.2. The van der Waals surface area contributed by atoms with E-state index in [2.05, 4.69) is 12.2 Å². The predicted octanol–water partition coefficient (Wildman–Crippen LogP) is 3.78. The summed E-state index contributed by atoms with van der Waals surface area (Å²) in [5.41, 5.74) is 0. The summed E-state index contributed by atoms with van der Waals surface area (Å²) in [7, 11) is 0. The largest absolute Gasteiger partial charge is 0.477 e. The van der Waals surface area contributed by atoms with Crippen LogP contribution in [-0.4, -0.2) is 17.0 Å². The minimum atomic E-state index is -1.00. The van der Waals surface area contributed by atoms with Crippen molar-refractivity contribution in [2.24, 2.45) is 0 Å². The van der Waals surface area contributed by atoms with Crippen molar-refractivity contribution >= 4 is 34.6 Å². The molecule has 1 amide bonds. The van der Waals surface area contributed by atoms with Gasteiger partial charge in [0.05, 0.1) is 10.9 Å². The highest BCUT2D eigenvalue weighted by Gasteiger charge is 2.18. The van der Waals surface area contributed by atoms with Crippen LogP contribution < -0.4 is 5.32 Å². The highest BCUT2D eigenvalue weighted by molar-refractivity contribution is 7.15. The fourth-order valence-corrected chi connectivity index (χ4v) is 3.43. The number of carbonyl (C=O) groups is 2. The van der Waals surface area contributed by atoms with Crippen molar-refractivity contribution in [3.63, 3.8) is 0 Å². The minimum Gasteiger partial charge on any atom is -0.477 e. The SMILES string of the molecule is CCCC(NC(=O)c1ccc(C(=O)O)s1)c1cccs1. The molecule has 0 saturated carbocycles. The summed E-state index contributed by atoms with van der Waals surface area (Å²) in [4.78, 5) is 24.7. The van der Waals surface area contributed by atoms with E-state index in [1.54, 1.807) is 17.4 Å². The lowest BCUT2D eigenvalue weighted by Gasteiger charge is -2.16. The fraction of sp³-hybridized carbons (Fsp3) is 0.286. The van der Waals surface area contributed by atoms with Crippen molar-refractivity contribution in [1.82, 2.24) is 5.32 Å². The first-order chi connectivity index (χ1) is 9.61. The van der Waals surface area contributed by atoms with E-state index in [9.17, 15) is 9.59 Å². The lowest BCUT2D eigenvalue weighted by atomic mass is 10.1. The first-order valence-electron chi connectivity index (χ1n) is 6.29. The van der Waals surface area contributed by atoms with Gasteiger partial charge in [0.1, 0.15) is 4.88 Å². The van der Waals surface area contributed by atoms with Gasteiger partial charge in [0, 0.05) is 4.88 Å². The summed E-state index contributed by atoms with van der Waals surface area (Å²) in [6.07, 6.45) is 1.83. The van der Waals surface area contributed by atoms with Gasteiger partial charge >= 0.3 is 5.97 Å². The van der Waals surface area contributed by atoms with Crippen LogP contribution in [0.5, 0.6) is 0 Å². The molecule has 2 rings (SSSR count). The summed E-state index contributed by atoms with van der Waals surface area (Å²) in [6.45, 7) is 2.07. The van der Waals surface area contributed by atoms with E-state index in [4.69, 9.17) is 5.11 Å². The van der Waals surface area contributed by atoms with Gasteiger partial charge in [-0.3, -0.25) is 4.79 Å². The first-order valence-corrected chi connectivity index (χ1v) is 7.98. The molecule has 0 aliphatic rings. The van der Waals surface area contributed by atoms with Crippen LogP contribution in [0.1, 0.15) is 50.0 Å². The van der Waals surface area contributed by atoms with Gasteiger partial charge in [0.2, 0.25) is 0 Å². The molecular weight excluding hydrogens is 294 g/mol. The molecule has 0 aliphatic heterocycles. The number of nitrogens with one attached hydrogen (secondary N) is 1. The van der Waals surface area contributed by atoms with Crippen LogP contribution in [0.4, 0.5) is 0 Å². The second-order valence-electron chi connectivity index (χ2n) is 4.30.